The Morgan fingerprint density at radius 1 is 0.667 bits per heavy atom. The molecule has 2 aromatic rings. The molecule has 0 bridgehead atoms. The lowest BCUT2D eigenvalue weighted by Gasteiger charge is -2.20. The quantitative estimate of drug-likeness (QED) is 0.317. The Bertz CT molecular complexity index is 1390. The summed E-state index contributed by atoms with van der Waals surface area (Å²) in [5, 5.41) is 18.3. The molecule has 242 valence electrons. The van der Waals surface area contributed by atoms with Crippen LogP contribution in [0.25, 0.3) is 0 Å². The molecule has 5 rings (SSSR count). The van der Waals surface area contributed by atoms with E-state index in [4.69, 9.17) is 29.2 Å². The minimum Gasteiger partial charge on any atom is -0.493 e. The van der Waals surface area contributed by atoms with E-state index in [2.05, 4.69) is 0 Å². The number of carbonyl (C=O) groups excluding carboxylic acids is 2. The monoisotopic (exact) mass is 624 g/mol. The Balaban J connectivity index is 1.20. The highest BCUT2D eigenvalue weighted by Gasteiger charge is 2.45. The van der Waals surface area contributed by atoms with Gasteiger partial charge < -0.3 is 39.0 Å². The highest BCUT2D eigenvalue weighted by atomic mass is 16.5. The first-order chi connectivity index (χ1) is 21.4. The fourth-order valence-electron chi connectivity index (χ4n) is 5.63. The normalized spacial score (nSPS) is 17.2. The van der Waals surface area contributed by atoms with Crippen LogP contribution in [0, 0.1) is 17.3 Å². The Morgan fingerprint density at radius 3 is 1.29 bits per heavy atom. The minimum absolute atomic E-state index is 0.0518. The molecule has 0 unspecified atom stereocenters. The van der Waals surface area contributed by atoms with Crippen molar-refractivity contribution in [1.82, 2.24) is 9.80 Å². The number of hydrogen-bond donors (Lipinski definition) is 2. The van der Waals surface area contributed by atoms with Crippen molar-refractivity contribution in [2.24, 2.45) is 17.3 Å². The Labute approximate surface area is 261 Å². The predicted molar refractivity (Wildman–Crippen MR) is 160 cm³/mol. The summed E-state index contributed by atoms with van der Waals surface area (Å²) in [7, 11) is 3.14. The SMILES string of the molecule is COc1cc2c(cc1OCC1(COc3cc4c(cc3OC)CN(C(=O)C[C@H](C)C(=O)O)C4)CC1)CN(C(=O)C[C@H](C)C(=O)O)C2. The number of hydrogen-bond acceptors (Lipinski definition) is 8. The van der Waals surface area contributed by atoms with Gasteiger partial charge in [-0.1, -0.05) is 13.8 Å². The van der Waals surface area contributed by atoms with Crippen molar-refractivity contribution in [3.63, 3.8) is 0 Å². The zero-order chi connectivity index (χ0) is 32.5. The minimum atomic E-state index is -0.993. The number of carbonyl (C=O) groups is 4. The maximum atomic E-state index is 12.7. The zero-order valence-electron chi connectivity index (χ0n) is 26.1. The van der Waals surface area contributed by atoms with Crippen LogP contribution >= 0.6 is 0 Å². The Kier molecular flexibility index (Phi) is 9.13. The number of nitrogens with zero attached hydrogens (tertiary/aromatic N) is 2. The van der Waals surface area contributed by atoms with E-state index in [1.54, 1.807) is 24.0 Å². The molecule has 2 heterocycles. The Morgan fingerprint density at radius 2 is 1.00 bits per heavy atom. The van der Waals surface area contributed by atoms with E-state index in [9.17, 15) is 19.2 Å². The Hall–Kier alpha value is -4.48. The number of fused-ring (bicyclic) bond motifs is 2. The third-order valence-corrected chi connectivity index (χ3v) is 8.95. The van der Waals surface area contributed by atoms with Crippen molar-refractivity contribution in [3.8, 4) is 23.0 Å². The van der Waals surface area contributed by atoms with Crippen LogP contribution in [-0.4, -0.2) is 71.2 Å². The number of carboxylic acid groups (broad SMARTS) is 2. The zero-order valence-corrected chi connectivity index (χ0v) is 26.1. The third-order valence-electron chi connectivity index (χ3n) is 8.95. The van der Waals surface area contributed by atoms with Gasteiger partial charge in [0.05, 0.1) is 39.3 Å². The maximum Gasteiger partial charge on any atom is 0.306 e. The van der Waals surface area contributed by atoms with Gasteiger partial charge in [0.1, 0.15) is 0 Å². The van der Waals surface area contributed by atoms with E-state index in [1.165, 1.54) is 13.8 Å². The van der Waals surface area contributed by atoms with Gasteiger partial charge in [0, 0.05) is 44.4 Å². The average molecular weight is 625 g/mol. The summed E-state index contributed by atoms with van der Waals surface area (Å²) in [6.07, 6.45) is 1.73. The van der Waals surface area contributed by atoms with E-state index < -0.39 is 23.8 Å². The van der Waals surface area contributed by atoms with Gasteiger partial charge in [-0.15, -0.1) is 0 Å². The van der Waals surface area contributed by atoms with Crippen LogP contribution in [0.15, 0.2) is 24.3 Å². The van der Waals surface area contributed by atoms with E-state index in [0.29, 0.717) is 62.4 Å². The van der Waals surface area contributed by atoms with E-state index in [-0.39, 0.29) is 30.1 Å². The fourth-order valence-corrected chi connectivity index (χ4v) is 5.63. The molecule has 0 aromatic heterocycles. The lowest BCUT2D eigenvalue weighted by Crippen LogP contribution is -2.28. The molecule has 0 saturated heterocycles. The summed E-state index contributed by atoms with van der Waals surface area (Å²) in [6, 6.07) is 7.54. The first-order valence-electron chi connectivity index (χ1n) is 15.1. The molecule has 2 N–H and O–H groups in total. The smallest absolute Gasteiger partial charge is 0.306 e. The standard InChI is InChI=1S/C33H40N2O10/c1-19(31(38)39)7-29(36)34-13-21-9-25(42-3)27(11-23(21)15-34)44-17-33(5-6-33)18-45-28-12-24-16-35(14-22(24)10-26(28)43-4)30(37)8-20(2)32(40)41/h9-12,19-20H,5-8,13-18H2,1-4H3,(H,38,39)(H,40,41)/t19-,20-/m0/s1. The molecule has 2 amide bonds. The van der Waals surface area contributed by atoms with E-state index in [0.717, 1.165) is 35.1 Å². The summed E-state index contributed by atoms with van der Waals surface area (Å²) in [5.74, 6) is -1.60. The number of amides is 2. The van der Waals surface area contributed by atoms with Crippen molar-refractivity contribution >= 4 is 23.8 Å². The van der Waals surface area contributed by atoms with Crippen LogP contribution in [-0.2, 0) is 45.4 Å². The molecule has 12 heteroatoms. The highest BCUT2D eigenvalue weighted by molar-refractivity contribution is 5.83. The molecule has 1 fully saturated rings. The van der Waals surface area contributed by atoms with Crippen molar-refractivity contribution in [2.75, 3.05) is 27.4 Å². The summed E-state index contributed by atoms with van der Waals surface area (Å²) in [5.41, 5.74) is 3.57. The molecule has 2 aromatic carbocycles. The summed E-state index contributed by atoms with van der Waals surface area (Å²) >= 11 is 0. The molecular weight excluding hydrogens is 584 g/mol. The van der Waals surface area contributed by atoms with E-state index in [1.807, 2.05) is 24.3 Å². The molecule has 45 heavy (non-hydrogen) atoms. The first-order valence-corrected chi connectivity index (χ1v) is 15.1. The molecule has 3 aliphatic rings. The van der Waals surface area contributed by atoms with Crippen LogP contribution in [0.1, 0.15) is 61.8 Å². The first kappa shape index (κ1) is 31.9. The second-order valence-corrected chi connectivity index (χ2v) is 12.5. The van der Waals surface area contributed by atoms with Crippen LogP contribution in [0.3, 0.4) is 0 Å². The molecule has 1 saturated carbocycles. The second-order valence-electron chi connectivity index (χ2n) is 12.5. The number of aliphatic carboxylic acids is 2. The van der Waals surface area contributed by atoms with Gasteiger partial charge in [-0.3, -0.25) is 19.2 Å². The van der Waals surface area contributed by atoms with Crippen molar-refractivity contribution in [3.05, 3.63) is 46.5 Å². The average Bonchev–Trinajstić information content (AvgIpc) is 3.45. The van der Waals surface area contributed by atoms with Crippen LogP contribution in [0.2, 0.25) is 0 Å². The van der Waals surface area contributed by atoms with Crippen LogP contribution in [0.4, 0.5) is 0 Å². The number of ether oxygens (including phenoxy) is 4. The molecule has 0 radical (unpaired) electrons. The van der Waals surface area contributed by atoms with Crippen molar-refractivity contribution < 1.29 is 48.3 Å². The van der Waals surface area contributed by atoms with Gasteiger partial charge in [-0.2, -0.15) is 0 Å². The lowest BCUT2D eigenvalue weighted by atomic mass is 10.1. The molecule has 1 aliphatic carbocycles. The largest absolute Gasteiger partial charge is 0.493 e. The number of carboxylic acids is 2. The molecular formula is C33H40N2O10. The summed E-state index contributed by atoms with van der Waals surface area (Å²) in [4.78, 5) is 51.0. The predicted octanol–water partition coefficient (Wildman–Crippen LogP) is 3.85. The van der Waals surface area contributed by atoms with Gasteiger partial charge in [0.2, 0.25) is 11.8 Å². The molecule has 0 spiro atoms. The molecule has 2 atom stereocenters. The van der Waals surface area contributed by atoms with Crippen molar-refractivity contribution in [1.29, 1.82) is 0 Å². The molecule has 2 aliphatic heterocycles. The van der Waals surface area contributed by atoms with Gasteiger partial charge in [-0.05, 0) is 59.4 Å². The van der Waals surface area contributed by atoms with Gasteiger partial charge in [0.15, 0.2) is 23.0 Å². The summed E-state index contributed by atoms with van der Waals surface area (Å²) < 4.78 is 23.7. The lowest BCUT2D eigenvalue weighted by molar-refractivity contribution is -0.145. The summed E-state index contributed by atoms with van der Waals surface area (Å²) in [6.45, 7) is 5.41. The van der Waals surface area contributed by atoms with Crippen LogP contribution in [0.5, 0.6) is 23.0 Å². The number of methoxy groups -OCH3 is 2. The van der Waals surface area contributed by atoms with Crippen molar-refractivity contribution in [2.45, 2.75) is 65.7 Å². The fraction of sp³-hybridized carbons (Fsp3) is 0.515. The number of benzene rings is 2. The second kappa shape index (κ2) is 12.9. The van der Waals surface area contributed by atoms with E-state index >= 15 is 0 Å². The third kappa shape index (κ3) is 7.10. The van der Waals surface area contributed by atoms with Gasteiger partial charge in [-0.25, -0.2) is 0 Å². The number of rotatable bonds is 14. The maximum absolute atomic E-state index is 12.7. The topological polar surface area (TPSA) is 152 Å². The highest BCUT2D eigenvalue weighted by Crippen LogP contribution is 2.48. The van der Waals surface area contributed by atoms with Crippen LogP contribution < -0.4 is 18.9 Å². The van der Waals surface area contributed by atoms with Gasteiger partial charge in [0.25, 0.3) is 0 Å². The van der Waals surface area contributed by atoms with Gasteiger partial charge >= 0.3 is 11.9 Å². The molecule has 12 nitrogen and oxygen atoms in total.